The summed E-state index contributed by atoms with van der Waals surface area (Å²) in [5.74, 6) is -1.74. The van der Waals surface area contributed by atoms with Crippen molar-refractivity contribution in [3.63, 3.8) is 0 Å². The van der Waals surface area contributed by atoms with Gasteiger partial charge >= 0.3 is 0 Å². The van der Waals surface area contributed by atoms with Crippen molar-refractivity contribution in [1.82, 2.24) is 15.2 Å². The van der Waals surface area contributed by atoms with Crippen LogP contribution >= 0.6 is 34.8 Å². The maximum absolute atomic E-state index is 12.2. The number of halogens is 3. The summed E-state index contributed by atoms with van der Waals surface area (Å²) >= 11 is 18.9. The molecule has 0 atom stereocenters. The lowest BCUT2D eigenvalue weighted by molar-refractivity contribution is -0.150. The highest BCUT2D eigenvalue weighted by atomic mass is 35.5. The van der Waals surface area contributed by atoms with Crippen molar-refractivity contribution < 1.29 is 23.8 Å². The second kappa shape index (κ2) is 8.33. The van der Waals surface area contributed by atoms with Gasteiger partial charge in [-0.1, -0.05) is 34.8 Å². The molecule has 1 saturated heterocycles. The highest BCUT2D eigenvalue weighted by Gasteiger charge is 2.36. The maximum Gasteiger partial charge on any atom is 0.250 e. The molecule has 1 aromatic carbocycles. The molecule has 2 aromatic rings. The summed E-state index contributed by atoms with van der Waals surface area (Å²) in [5.41, 5.74) is 0.875. The van der Waals surface area contributed by atoms with Crippen molar-refractivity contribution in [2.24, 2.45) is 5.10 Å². The molecule has 0 aliphatic carbocycles. The Hall–Kier alpha value is -2.30. The molecule has 0 spiro atoms. The molecule has 0 N–H and O–H groups in total. The Labute approximate surface area is 191 Å². The van der Waals surface area contributed by atoms with E-state index in [-0.39, 0.29) is 39.0 Å². The largest absolute Gasteiger partial charge is 0.434 e. The zero-order valence-corrected chi connectivity index (χ0v) is 18.6. The molecule has 1 fully saturated rings. The smallest absolute Gasteiger partial charge is 0.250 e. The predicted molar refractivity (Wildman–Crippen MR) is 112 cm³/mol. The number of carbonyl (C=O) groups is 2. The molecule has 2 aliphatic rings. The lowest BCUT2D eigenvalue weighted by Gasteiger charge is -2.23. The van der Waals surface area contributed by atoms with Crippen LogP contribution in [0.2, 0.25) is 15.2 Å². The third-order valence-corrected chi connectivity index (χ3v) is 5.56. The minimum Gasteiger partial charge on any atom is -0.434 e. The van der Waals surface area contributed by atoms with E-state index >= 15 is 0 Å². The van der Waals surface area contributed by atoms with E-state index in [4.69, 9.17) is 49.0 Å². The molecule has 2 aliphatic heterocycles. The van der Waals surface area contributed by atoms with E-state index in [2.05, 4.69) is 15.3 Å². The first-order valence-electron chi connectivity index (χ1n) is 9.05. The summed E-state index contributed by atoms with van der Waals surface area (Å²) in [4.78, 5) is 23.9. The van der Waals surface area contributed by atoms with E-state index in [9.17, 15) is 9.59 Å². The molecular weight excluding hydrogens is 471 g/mol. The number of benzene rings is 1. The zero-order valence-electron chi connectivity index (χ0n) is 16.3. The minimum atomic E-state index is -1.08. The quantitative estimate of drug-likeness (QED) is 0.610. The van der Waals surface area contributed by atoms with Gasteiger partial charge in [0.15, 0.2) is 22.5 Å². The Morgan fingerprint density at radius 3 is 2.35 bits per heavy atom. The number of hydrazone groups is 1. The molecule has 0 saturated carbocycles. The number of ketones is 1. The number of rotatable bonds is 4. The van der Waals surface area contributed by atoms with Crippen LogP contribution in [0.1, 0.15) is 24.5 Å². The first-order valence-corrected chi connectivity index (χ1v) is 10.2. The number of amides is 1. The van der Waals surface area contributed by atoms with E-state index in [1.165, 1.54) is 25.2 Å². The van der Waals surface area contributed by atoms with Crippen LogP contribution in [0.5, 0.6) is 11.6 Å². The van der Waals surface area contributed by atoms with Crippen molar-refractivity contribution in [3.8, 4) is 11.6 Å². The van der Waals surface area contributed by atoms with Gasteiger partial charge in [0.1, 0.15) is 5.71 Å². The molecule has 0 radical (unpaired) electrons. The van der Waals surface area contributed by atoms with Crippen LogP contribution in [0.25, 0.3) is 0 Å². The standard InChI is InChI=1S/C19H15Cl3N4O5/c1-19(29-3-4-30-19)10-7-14(23-24-18(10)22)31-17-11(20)5-9(6-12(17)21)16-13(27)8-15(28)26(2)25-16/h5-7H,3-4,8H2,1-2H3. The Bertz CT molecular complexity index is 1090. The van der Waals surface area contributed by atoms with Gasteiger partial charge in [-0.3, -0.25) is 9.59 Å². The highest BCUT2D eigenvalue weighted by molar-refractivity contribution is 6.50. The van der Waals surface area contributed by atoms with E-state index < -0.39 is 17.5 Å². The monoisotopic (exact) mass is 484 g/mol. The fourth-order valence-corrected chi connectivity index (χ4v) is 3.94. The molecule has 1 aromatic heterocycles. The fraction of sp³-hybridized carbons (Fsp3) is 0.316. The summed E-state index contributed by atoms with van der Waals surface area (Å²) in [6.07, 6.45) is -0.283. The predicted octanol–water partition coefficient (Wildman–Crippen LogP) is 3.58. The van der Waals surface area contributed by atoms with Crippen LogP contribution in [-0.4, -0.2) is 52.9 Å². The zero-order chi connectivity index (χ0) is 22.3. The van der Waals surface area contributed by atoms with Crippen LogP contribution in [0.4, 0.5) is 0 Å². The van der Waals surface area contributed by atoms with Gasteiger partial charge in [0.05, 0.1) is 35.2 Å². The third-order valence-electron chi connectivity index (χ3n) is 4.72. The molecule has 9 nitrogen and oxygen atoms in total. The van der Waals surface area contributed by atoms with E-state index in [1.54, 1.807) is 6.92 Å². The molecule has 0 bridgehead atoms. The number of hydrogen-bond acceptors (Lipinski definition) is 8. The highest BCUT2D eigenvalue weighted by Crippen LogP contribution is 2.40. The Morgan fingerprint density at radius 1 is 1.06 bits per heavy atom. The van der Waals surface area contributed by atoms with Crippen LogP contribution in [0, 0.1) is 0 Å². The number of carbonyl (C=O) groups excluding carboxylic acids is 2. The van der Waals surface area contributed by atoms with Gasteiger partial charge in [0, 0.05) is 18.7 Å². The van der Waals surface area contributed by atoms with Gasteiger partial charge in [-0.2, -0.15) is 5.10 Å². The van der Waals surface area contributed by atoms with E-state index in [1.807, 2.05) is 0 Å². The first kappa shape index (κ1) is 21.9. The number of Topliss-reactive ketones (excluding diaryl/α,β-unsaturated/α-hetero) is 1. The van der Waals surface area contributed by atoms with Crippen molar-refractivity contribution in [2.75, 3.05) is 20.3 Å². The van der Waals surface area contributed by atoms with Crippen LogP contribution in [-0.2, 0) is 24.8 Å². The Balaban J connectivity index is 1.66. The second-order valence-corrected chi connectivity index (χ2v) is 8.04. The maximum atomic E-state index is 12.2. The summed E-state index contributed by atoms with van der Waals surface area (Å²) < 4.78 is 17.0. The molecule has 1 amide bonds. The average molecular weight is 486 g/mol. The lowest BCUT2D eigenvalue weighted by atomic mass is 10.0. The SMILES string of the molecule is CN1N=C(c2cc(Cl)c(Oc3cc(C4(C)OCCO4)c(Cl)nn3)c(Cl)c2)C(=O)CC1=O. The van der Waals surface area contributed by atoms with Gasteiger partial charge < -0.3 is 14.2 Å². The van der Waals surface area contributed by atoms with Gasteiger partial charge in [0.2, 0.25) is 11.8 Å². The van der Waals surface area contributed by atoms with Crippen LogP contribution < -0.4 is 4.74 Å². The van der Waals surface area contributed by atoms with Gasteiger partial charge in [-0.05, 0) is 19.1 Å². The van der Waals surface area contributed by atoms with Crippen molar-refractivity contribution in [3.05, 3.63) is 44.5 Å². The molecule has 31 heavy (non-hydrogen) atoms. The summed E-state index contributed by atoms with van der Waals surface area (Å²) in [5, 5.41) is 13.2. The molecule has 3 heterocycles. The van der Waals surface area contributed by atoms with Gasteiger partial charge in [0.25, 0.3) is 0 Å². The molecule has 162 valence electrons. The molecule has 0 unspecified atom stereocenters. The molecule has 12 heteroatoms. The van der Waals surface area contributed by atoms with Crippen molar-refractivity contribution in [1.29, 1.82) is 0 Å². The number of nitrogens with zero attached hydrogens (tertiary/aromatic N) is 4. The van der Waals surface area contributed by atoms with Crippen LogP contribution in [0.3, 0.4) is 0 Å². The Morgan fingerprint density at radius 2 is 1.71 bits per heavy atom. The molecule has 4 rings (SSSR count). The second-order valence-electron chi connectivity index (χ2n) is 6.87. The third kappa shape index (κ3) is 4.24. The fourth-order valence-electron chi connectivity index (χ4n) is 3.11. The number of aromatic nitrogens is 2. The number of hydrogen-bond donors (Lipinski definition) is 0. The summed E-state index contributed by atoms with van der Waals surface area (Å²) in [7, 11) is 1.46. The normalized spacial score (nSPS) is 18.4. The van der Waals surface area contributed by atoms with Crippen molar-refractivity contribution >= 4 is 52.2 Å². The Kier molecular flexibility index (Phi) is 5.89. The molecular formula is C19H15Cl3N4O5. The van der Waals surface area contributed by atoms with E-state index in [0.717, 1.165) is 5.01 Å². The van der Waals surface area contributed by atoms with E-state index in [0.29, 0.717) is 24.3 Å². The topological polar surface area (TPSA) is 103 Å². The summed E-state index contributed by atoms with van der Waals surface area (Å²) in [6.45, 7) is 2.53. The minimum absolute atomic E-state index is 0.0627. The lowest BCUT2D eigenvalue weighted by Crippen LogP contribution is -2.35. The van der Waals surface area contributed by atoms with Crippen molar-refractivity contribution in [2.45, 2.75) is 19.1 Å². The average Bonchev–Trinajstić information content (AvgIpc) is 3.16. The van der Waals surface area contributed by atoms with Gasteiger partial charge in [-0.25, -0.2) is 5.01 Å². The van der Waals surface area contributed by atoms with Gasteiger partial charge in [-0.15, -0.1) is 10.2 Å². The van der Waals surface area contributed by atoms with Crippen LogP contribution in [0.15, 0.2) is 23.3 Å². The number of ether oxygens (including phenoxy) is 3. The summed E-state index contributed by atoms with van der Waals surface area (Å²) in [6, 6.07) is 4.46. The first-order chi connectivity index (χ1) is 14.7.